The number of amides is 4. The Morgan fingerprint density at radius 1 is 1.28 bits per heavy atom. The molecule has 0 bridgehead atoms. The Kier molecular flexibility index (Phi) is 4.51. The standard InChI is InChI=1S/C17H15N3O5/c1-24-12-6-4-11(5-7-12)18-15(21)10-20-16(22)14(19-17(20)23)9-13-3-2-8-25-13/h2-9H,10H2,1H3,(H,18,21)(H,19,23)/b14-9+. The first kappa shape index (κ1) is 16.3. The Hall–Kier alpha value is -3.55. The van der Waals surface area contributed by atoms with E-state index in [2.05, 4.69) is 10.6 Å². The van der Waals surface area contributed by atoms with Crippen molar-refractivity contribution in [3.05, 3.63) is 54.1 Å². The molecule has 1 aromatic heterocycles. The third kappa shape index (κ3) is 3.69. The lowest BCUT2D eigenvalue weighted by Gasteiger charge is -2.12. The van der Waals surface area contributed by atoms with Crippen molar-refractivity contribution in [1.82, 2.24) is 10.2 Å². The molecule has 4 amide bonds. The first-order valence-corrected chi connectivity index (χ1v) is 7.39. The molecule has 0 unspecified atom stereocenters. The van der Waals surface area contributed by atoms with Gasteiger partial charge in [-0.1, -0.05) is 0 Å². The highest BCUT2D eigenvalue weighted by atomic mass is 16.5. The number of urea groups is 1. The van der Waals surface area contributed by atoms with Crippen LogP contribution in [-0.4, -0.2) is 36.4 Å². The molecular weight excluding hydrogens is 326 g/mol. The van der Waals surface area contributed by atoms with Crippen LogP contribution in [0.3, 0.4) is 0 Å². The summed E-state index contributed by atoms with van der Waals surface area (Å²) in [6.45, 7) is -0.397. The van der Waals surface area contributed by atoms with Gasteiger partial charge in [-0.2, -0.15) is 0 Å². The third-order valence-electron chi connectivity index (χ3n) is 3.47. The second-order valence-corrected chi connectivity index (χ2v) is 5.17. The number of hydrogen-bond acceptors (Lipinski definition) is 5. The van der Waals surface area contributed by atoms with E-state index < -0.39 is 24.4 Å². The van der Waals surface area contributed by atoms with Crippen molar-refractivity contribution in [3.8, 4) is 5.75 Å². The van der Waals surface area contributed by atoms with Crippen LogP contribution in [-0.2, 0) is 9.59 Å². The second-order valence-electron chi connectivity index (χ2n) is 5.17. The number of ether oxygens (including phenoxy) is 1. The summed E-state index contributed by atoms with van der Waals surface area (Å²) >= 11 is 0. The van der Waals surface area contributed by atoms with Gasteiger partial charge in [-0.25, -0.2) is 9.69 Å². The second kappa shape index (κ2) is 6.91. The molecule has 0 spiro atoms. The van der Waals surface area contributed by atoms with Gasteiger partial charge in [0.2, 0.25) is 5.91 Å². The first-order chi connectivity index (χ1) is 12.1. The smallest absolute Gasteiger partial charge is 0.329 e. The normalized spacial score (nSPS) is 15.4. The lowest BCUT2D eigenvalue weighted by molar-refractivity contribution is -0.127. The van der Waals surface area contributed by atoms with E-state index >= 15 is 0 Å². The van der Waals surface area contributed by atoms with Crippen molar-refractivity contribution in [1.29, 1.82) is 0 Å². The summed E-state index contributed by atoms with van der Waals surface area (Å²) in [5.41, 5.74) is 0.585. The summed E-state index contributed by atoms with van der Waals surface area (Å²) in [6.07, 6.45) is 2.86. The molecule has 25 heavy (non-hydrogen) atoms. The number of nitrogens with zero attached hydrogens (tertiary/aromatic N) is 1. The molecule has 2 N–H and O–H groups in total. The van der Waals surface area contributed by atoms with Gasteiger partial charge in [0.15, 0.2) is 0 Å². The predicted molar refractivity (Wildman–Crippen MR) is 88.6 cm³/mol. The summed E-state index contributed by atoms with van der Waals surface area (Å²) in [7, 11) is 1.54. The zero-order valence-corrected chi connectivity index (χ0v) is 13.3. The molecule has 2 aromatic rings. The first-order valence-electron chi connectivity index (χ1n) is 7.39. The molecule has 0 atom stereocenters. The maximum Gasteiger partial charge on any atom is 0.329 e. The average Bonchev–Trinajstić information content (AvgIpc) is 3.20. The van der Waals surface area contributed by atoms with E-state index in [1.807, 2.05) is 0 Å². The minimum Gasteiger partial charge on any atom is -0.497 e. The van der Waals surface area contributed by atoms with Crippen LogP contribution in [0, 0.1) is 0 Å². The van der Waals surface area contributed by atoms with E-state index in [4.69, 9.17) is 9.15 Å². The van der Waals surface area contributed by atoms with Crippen LogP contribution < -0.4 is 15.4 Å². The van der Waals surface area contributed by atoms with Crippen LogP contribution >= 0.6 is 0 Å². The lowest BCUT2D eigenvalue weighted by atomic mass is 10.3. The molecule has 128 valence electrons. The maximum absolute atomic E-state index is 12.2. The predicted octanol–water partition coefficient (Wildman–Crippen LogP) is 1.82. The maximum atomic E-state index is 12.2. The van der Waals surface area contributed by atoms with E-state index in [1.54, 1.807) is 43.5 Å². The lowest BCUT2D eigenvalue weighted by Crippen LogP contribution is -2.38. The van der Waals surface area contributed by atoms with Gasteiger partial charge < -0.3 is 19.8 Å². The summed E-state index contributed by atoms with van der Waals surface area (Å²) in [6, 6.07) is 9.34. The Labute approximate surface area is 143 Å². The zero-order valence-electron chi connectivity index (χ0n) is 13.3. The Bertz CT molecular complexity index is 824. The van der Waals surface area contributed by atoms with Crippen LogP contribution in [0.15, 0.2) is 52.8 Å². The van der Waals surface area contributed by atoms with Crippen LogP contribution in [0.5, 0.6) is 5.75 Å². The Morgan fingerprint density at radius 3 is 2.68 bits per heavy atom. The van der Waals surface area contributed by atoms with Gasteiger partial charge in [0.25, 0.3) is 5.91 Å². The van der Waals surface area contributed by atoms with Crippen LogP contribution in [0.1, 0.15) is 5.76 Å². The van der Waals surface area contributed by atoms with Gasteiger partial charge in [0.05, 0.1) is 13.4 Å². The number of benzene rings is 1. The van der Waals surface area contributed by atoms with Crippen LogP contribution in [0.2, 0.25) is 0 Å². The van der Waals surface area contributed by atoms with Gasteiger partial charge in [-0.05, 0) is 36.4 Å². The number of hydrogen-bond donors (Lipinski definition) is 2. The fourth-order valence-corrected chi connectivity index (χ4v) is 2.25. The molecule has 1 aliphatic rings. The fraction of sp³-hybridized carbons (Fsp3) is 0.118. The molecule has 3 rings (SSSR count). The van der Waals surface area contributed by atoms with E-state index in [1.165, 1.54) is 12.3 Å². The van der Waals surface area contributed by atoms with E-state index in [0.717, 1.165) is 4.90 Å². The number of methoxy groups -OCH3 is 1. The van der Waals surface area contributed by atoms with Crippen molar-refractivity contribution in [2.24, 2.45) is 0 Å². The minimum absolute atomic E-state index is 0.0530. The molecule has 0 saturated carbocycles. The Morgan fingerprint density at radius 2 is 2.04 bits per heavy atom. The highest BCUT2D eigenvalue weighted by Crippen LogP contribution is 2.16. The molecule has 0 radical (unpaired) electrons. The van der Waals surface area contributed by atoms with E-state index in [-0.39, 0.29) is 5.70 Å². The summed E-state index contributed by atoms with van der Waals surface area (Å²) in [5.74, 6) is -0.00724. The van der Waals surface area contributed by atoms with Gasteiger partial charge in [-0.3, -0.25) is 9.59 Å². The van der Waals surface area contributed by atoms with Gasteiger partial charge >= 0.3 is 6.03 Å². The zero-order chi connectivity index (χ0) is 17.8. The minimum atomic E-state index is -0.660. The van der Waals surface area contributed by atoms with Crippen LogP contribution in [0.4, 0.5) is 10.5 Å². The molecular formula is C17H15N3O5. The molecule has 8 heteroatoms. The highest BCUT2D eigenvalue weighted by molar-refractivity contribution is 6.15. The van der Waals surface area contributed by atoms with Crippen molar-refractivity contribution >= 4 is 29.6 Å². The van der Waals surface area contributed by atoms with Crippen molar-refractivity contribution in [3.63, 3.8) is 0 Å². The number of nitrogens with one attached hydrogen (secondary N) is 2. The van der Waals surface area contributed by atoms with E-state index in [9.17, 15) is 14.4 Å². The molecule has 2 heterocycles. The number of carbonyl (C=O) groups excluding carboxylic acids is 3. The average molecular weight is 341 g/mol. The van der Waals surface area contributed by atoms with Gasteiger partial charge in [-0.15, -0.1) is 0 Å². The highest BCUT2D eigenvalue weighted by Gasteiger charge is 2.35. The number of imide groups is 1. The van der Waals surface area contributed by atoms with Gasteiger partial charge in [0.1, 0.15) is 23.8 Å². The van der Waals surface area contributed by atoms with Crippen molar-refractivity contribution in [2.75, 3.05) is 19.0 Å². The molecule has 1 fully saturated rings. The number of anilines is 1. The van der Waals surface area contributed by atoms with Crippen molar-refractivity contribution < 1.29 is 23.5 Å². The number of furan rings is 1. The third-order valence-corrected chi connectivity index (χ3v) is 3.47. The summed E-state index contributed by atoms with van der Waals surface area (Å²) in [4.78, 5) is 37.1. The SMILES string of the molecule is COc1ccc(NC(=O)CN2C(=O)N/C(=C/c3ccco3)C2=O)cc1. The number of carbonyl (C=O) groups is 3. The molecule has 8 nitrogen and oxygen atoms in total. The van der Waals surface area contributed by atoms with Crippen molar-refractivity contribution in [2.45, 2.75) is 0 Å². The molecule has 1 saturated heterocycles. The fourth-order valence-electron chi connectivity index (χ4n) is 2.25. The van der Waals surface area contributed by atoms with E-state index in [0.29, 0.717) is 17.2 Å². The molecule has 0 aliphatic carbocycles. The largest absolute Gasteiger partial charge is 0.497 e. The molecule has 1 aliphatic heterocycles. The van der Waals surface area contributed by atoms with Gasteiger partial charge in [0, 0.05) is 11.8 Å². The van der Waals surface area contributed by atoms with Crippen LogP contribution in [0.25, 0.3) is 6.08 Å². The summed E-state index contributed by atoms with van der Waals surface area (Å²) < 4.78 is 10.1. The summed E-state index contributed by atoms with van der Waals surface area (Å²) in [5, 5.41) is 5.03. The number of rotatable bonds is 5. The quantitative estimate of drug-likeness (QED) is 0.638. The topological polar surface area (TPSA) is 101 Å². The Balaban J connectivity index is 1.64. The monoisotopic (exact) mass is 341 g/mol. The molecule has 1 aromatic carbocycles.